The van der Waals surface area contributed by atoms with E-state index in [0.717, 1.165) is 35.1 Å². The van der Waals surface area contributed by atoms with Crippen LogP contribution in [0.2, 0.25) is 4.34 Å². The Morgan fingerprint density at radius 2 is 2.37 bits per heavy atom. The number of thiophene rings is 1. The number of aromatic amines is 1. The molecular weight excluding hydrogens is 282 g/mol. The lowest BCUT2D eigenvalue weighted by atomic mass is 10.1. The molecule has 1 aliphatic heterocycles. The van der Waals surface area contributed by atoms with Crippen molar-refractivity contribution in [2.24, 2.45) is 0 Å². The van der Waals surface area contributed by atoms with E-state index in [2.05, 4.69) is 14.9 Å². The van der Waals surface area contributed by atoms with Gasteiger partial charge in [0.15, 0.2) is 0 Å². The second-order valence-electron chi connectivity index (χ2n) is 4.74. The standard InChI is InChI=1S/C13H14ClN3OS/c1-8-15-11-4-5-17(7-10(11)13(18)16-8)6-9-2-3-12(14)19-9/h2-3H,4-7H2,1H3,(H,15,16,18). The summed E-state index contributed by atoms with van der Waals surface area (Å²) in [6, 6.07) is 3.96. The number of nitrogens with zero attached hydrogens (tertiary/aromatic N) is 2. The average Bonchev–Trinajstić information content (AvgIpc) is 2.75. The zero-order chi connectivity index (χ0) is 13.4. The van der Waals surface area contributed by atoms with Crippen molar-refractivity contribution in [2.75, 3.05) is 6.54 Å². The van der Waals surface area contributed by atoms with Crippen LogP contribution in [0.4, 0.5) is 0 Å². The largest absolute Gasteiger partial charge is 0.310 e. The van der Waals surface area contributed by atoms with E-state index >= 15 is 0 Å². The second kappa shape index (κ2) is 5.07. The molecule has 2 aromatic rings. The Kier molecular flexibility index (Phi) is 3.43. The average molecular weight is 296 g/mol. The number of nitrogens with one attached hydrogen (secondary N) is 1. The highest BCUT2D eigenvalue weighted by molar-refractivity contribution is 7.16. The fourth-order valence-corrected chi connectivity index (χ4v) is 3.53. The highest BCUT2D eigenvalue weighted by Gasteiger charge is 2.20. The van der Waals surface area contributed by atoms with Gasteiger partial charge in [-0.3, -0.25) is 9.69 Å². The Bertz CT molecular complexity index is 664. The maximum atomic E-state index is 11.9. The molecule has 0 saturated heterocycles. The lowest BCUT2D eigenvalue weighted by molar-refractivity contribution is 0.243. The number of aromatic nitrogens is 2. The molecular formula is C13H14ClN3OS. The van der Waals surface area contributed by atoms with Gasteiger partial charge in [-0.1, -0.05) is 11.6 Å². The fraction of sp³-hybridized carbons (Fsp3) is 0.385. The Morgan fingerprint density at radius 3 is 3.11 bits per heavy atom. The minimum absolute atomic E-state index is 0.00332. The summed E-state index contributed by atoms with van der Waals surface area (Å²) in [7, 11) is 0. The summed E-state index contributed by atoms with van der Waals surface area (Å²) in [5.41, 5.74) is 1.75. The smallest absolute Gasteiger partial charge is 0.255 e. The van der Waals surface area contributed by atoms with Crippen molar-refractivity contribution in [1.29, 1.82) is 0 Å². The summed E-state index contributed by atoms with van der Waals surface area (Å²) in [4.78, 5) is 22.6. The van der Waals surface area contributed by atoms with Gasteiger partial charge in [0.25, 0.3) is 5.56 Å². The number of hydrogen-bond donors (Lipinski definition) is 1. The summed E-state index contributed by atoms with van der Waals surface area (Å²) in [5, 5.41) is 0. The normalized spacial score (nSPS) is 15.5. The van der Waals surface area contributed by atoms with E-state index < -0.39 is 0 Å². The van der Waals surface area contributed by atoms with Crippen molar-refractivity contribution in [1.82, 2.24) is 14.9 Å². The van der Waals surface area contributed by atoms with Gasteiger partial charge < -0.3 is 4.98 Å². The molecule has 19 heavy (non-hydrogen) atoms. The number of aryl methyl sites for hydroxylation is 1. The first-order valence-electron chi connectivity index (χ1n) is 6.17. The number of H-pyrrole nitrogens is 1. The van der Waals surface area contributed by atoms with Gasteiger partial charge in [-0.05, 0) is 19.1 Å². The molecule has 0 bridgehead atoms. The third-order valence-electron chi connectivity index (χ3n) is 3.27. The Hall–Kier alpha value is -1.17. The van der Waals surface area contributed by atoms with Gasteiger partial charge in [0.1, 0.15) is 5.82 Å². The quantitative estimate of drug-likeness (QED) is 0.925. The van der Waals surface area contributed by atoms with E-state index in [1.54, 1.807) is 11.3 Å². The Morgan fingerprint density at radius 1 is 1.53 bits per heavy atom. The third kappa shape index (κ3) is 2.73. The van der Waals surface area contributed by atoms with Gasteiger partial charge in [0.2, 0.25) is 0 Å². The van der Waals surface area contributed by atoms with Crippen LogP contribution >= 0.6 is 22.9 Å². The predicted octanol–water partition coefficient (Wildman–Crippen LogP) is 2.35. The van der Waals surface area contributed by atoms with E-state index in [1.165, 1.54) is 4.88 Å². The summed E-state index contributed by atoms with van der Waals surface area (Å²) in [6.07, 6.45) is 0.833. The molecule has 0 spiro atoms. The van der Waals surface area contributed by atoms with Crippen LogP contribution in [0, 0.1) is 6.92 Å². The lowest BCUT2D eigenvalue weighted by Crippen LogP contribution is -2.35. The molecule has 1 aliphatic rings. The van der Waals surface area contributed by atoms with Crippen molar-refractivity contribution in [3.05, 3.63) is 48.8 Å². The molecule has 0 radical (unpaired) electrons. The molecule has 2 aromatic heterocycles. The molecule has 0 fully saturated rings. The Balaban J connectivity index is 1.80. The zero-order valence-corrected chi connectivity index (χ0v) is 12.1. The maximum Gasteiger partial charge on any atom is 0.255 e. The van der Waals surface area contributed by atoms with Gasteiger partial charge in [-0.15, -0.1) is 11.3 Å². The van der Waals surface area contributed by atoms with Gasteiger partial charge in [-0.2, -0.15) is 0 Å². The Labute approximate surface area is 120 Å². The number of rotatable bonds is 2. The number of fused-ring (bicyclic) bond motifs is 1. The molecule has 0 amide bonds. The predicted molar refractivity (Wildman–Crippen MR) is 76.7 cm³/mol. The first-order valence-corrected chi connectivity index (χ1v) is 7.36. The monoisotopic (exact) mass is 295 g/mol. The molecule has 0 unspecified atom stereocenters. The lowest BCUT2D eigenvalue weighted by Gasteiger charge is -2.27. The summed E-state index contributed by atoms with van der Waals surface area (Å²) < 4.78 is 0.808. The molecule has 3 heterocycles. The topological polar surface area (TPSA) is 49.0 Å². The van der Waals surface area contributed by atoms with Crippen molar-refractivity contribution in [2.45, 2.75) is 26.4 Å². The van der Waals surface area contributed by atoms with Crippen LogP contribution in [0.3, 0.4) is 0 Å². The van der Waals surface area contributed by atoms with Crippen molar-refractivity contribution >= 4 is 22.9 Å². The molecule has 0 saturated carbocycles. The van der Waals surface area contributed by atoms with Crippen molar-refractivity contribution in [3.63, 3.8) is 0 Å². The van der Waals surface area contributed by atoms with Crippen LogP contribution in [0.15, 0.2) is 16.9 Å². The maximum absolute atomic E-state index is 11.9. The summed E-state index contributed by atoms with van der Waals surface area (Å²) in [5.74, 6) is 0.697. The number of halogens is 1. The molecule has 6 heteroatoms. The zero-order valence-electron chi connectivity index (χ0n) is 10.6. The third-order valence-corrected chi connectivity index (χ3v) is 4.49. The van der Waals surface area contributed by atoms with Crippen LogP contribution in [0.25, 0.3) is 0 Å². The van der Waals surface area contributed by atoms with Crippen molar-refractivity contribution in [3.8, 4) is 0 Å². The second-order valence-corrected chi connectivity index (χ2v) is 6.54. The molecule has 100 valence electrons. The van der Waals surface area contributed by atoms with Crippen LogP contribution in [-0.2, 0) is 19.5 Å². The molecule has 1 N–H and O–H groups in total. The van der Waals surface area contributed by atoms with Gasteiger partial charge >= 0.3 is 0 Å². The van der Waals surface area contributed by atoms with E-state index in [1.807, 2.05) is 19.1 Å². The highest BCUT2D eigenvalue weighted by Crippen LogP contribution is 2.24. The summed E-state index contributed by atoms with van der Waals surface area (Å²) >= 11 is 7.53. The number of hydrogen-bond acceptors (Lipinski definition) is 4. The molecule has 0 aliphatic carbocycles. The van der Waals surface area contributed by atoms with E-state index in [0.29, 0.717) is 12.4 Å². The first kappa shape index (κ1) is 12.8. The van der Waals surface area contributed by atoms with E-state index in [9.17, 15) is 4.79 Å². The first-order chi connectivity index (χ1) is 9.11. The van der Waals surface area contributed by atoms with Gasteiger partial charge in [0.05, 0.1) is 15.6 Å². The molecule has 0 aromatic carbocycles. The summed E-state index contributed by atoms with van der Waals surface area (Å²) in [6.45, 7) is 4.25. The SMILES string of the molecule is Cc1nc2c(c(=O)[nH]1)CN(Cc1ccc(Cl)s1)CC2. The molecule has 3 rings (SSSR count). The van der Waals surface area contributed by atoms with Crippen LogP contribution in [0.1, 0.15) is 22.0 Å². The van der Waals surface area contributed by atoms with Gasteiger partial charge in [0, 0.05) is 30.9 Å². The molecule has 4 nitrogen and oxygen atoms in total. The van der Waals surface area contributed by atoms with Crippen LogP contribution in [-0.4, -0.2) is 21.4 Å². The van der Waals surface area contributed by atoms with Gasteiger partial charge in [-0.25, -0.2) is 4.98 Å². The molecule has 0 atom stereocenters. The van der Waals surface area contributed by atoms with Crippen LogP contribution < -0.4 is 5.56 Å². The van der Waals surface area contributed by atoms with E-state index in [-0.39, 0.29) is 5.56 Å². The van der Waals surface area contributed by atoms with Crippen molar-refractivity contribution < 1.29 is 0 Å². The fourth-order valence-electron chi connectivity index (χ4n) is 2.40. The minimum Gasteiger partial charge on any atom is -0.310 e. The van der Waals surface area contributed by atoms with Crippen LogP contribution in [0.5, 0.6) is 0 Å². The van der Waals surface area contributed by atoms with E-state index in [4.69, 9.17) is 11.6 Å². The minimum atomic E-state index is -0.00332. The highest BCUT2D eigenvalue weighted by atomic mass is 35.5.